The minimum Gasteiger partial charge on any atom is -0.496 e. The lowest BCUT2D eigenvalue weighted by atomic mass is 9.80. The smallest absolute Gasteiger partial charge is 0.324 e. The number of carboxylic acid groups (broad SMARTS) is 1. The average Bonchev–Trinajstić information content (AvgIpc) is 3.26. The Hall–Kier alpha value is -3.19. The van der Waals surface area contributed by atoms with Crippen molar-refractivity contribution in [2.75, 3.05) is 12.0 Å². The number of hydrogen-bond donors (Lipinski definition) is 2. The van der Waals surface area contributed by atoms with Crippen LogP contribution in [0.15, 0.2) is 42.5 Å². The molecule has 2 fully saturated rings. The third-order valence-electron chi connectivity index (χ3n) is 6.89. The molecule has 4 rings (SSSR count). The fourth-order valence-electron chi connectivity index (χ4n) is 5.25. The Kier molecular flexibility index (Phi) is 5.54. The van der Waals surface area contributed by atoms with Crippen molar-refractivity contribution in [3.05, 3.63) is 59.2 Å². The van der Waals surface area contributed by atoms with Crippen LogP contribution in [-0.4, -0.2) is 35.5 Å². The van der Waals surface area contributed by atoms with E-state index >= 15 is 0 Å². The molecule has 0 spiro atoms. The van der Waals surface area contributed by atoms with Crippen LogP contribution in [0.5, 0.6) is 5.75 Å². The van der Waals surface area contributed by atoms with Gasteiger partial charge in [0.15, 0.2) is 0 Å². The molecule has 0 radical (unpaired) electrons. The third-order valence-corrected chi connectivity index (χ3v) is 6.89. The van der Waals surface area contributed by atoms with Gasteiger partial charge in [0.25, 0.3) is 0 Å². The molecule has 4 atom stereocenters. The molecule has 2 aromatic carbocycles. The maximum atomic E-state index is 13.9. The average molecular weight is 437 g/mol. The van der Waals surface area contributed by atoms with Crippen LogP contribution < -0.4 is 15.0 Å². The van der Waals surface area contributed by atoms with Gasteiger partial charge in [0.2, 0.25) is 11.8 Å². The van der Waals surface area contributed by atoms with E-state index in [2.05, 4.69) is 5.32 Å². The number of hydrogen-bond acceptors (Lipinski definition) is 5. The Morgan fingerprint density at radius 3 is 2.25 bits per heavy atom. The summed E-state index contributed by atoms with van der Waals surface area (Å²) in [5.41, 5.74) is 1.46. The Labute approximate surface area is 187 Å². The van der Waals surface area contributed by atoms with E-state index in [0.717, 1.165) is 11.1 Å². The fraction of sp³-hybridized carbons (Fsp3) is 0.400. The molecule has 2 aliphatic rings. The van der Waals surface area contributed by atoms with Gasteiger partial charge in [-0.1, -0.05) is 50.2 Å². The van der Waals surface area contributed by atoms with Gasteiger partial charge in [0.05, 0.1) is 24.6 Å². The van der Waals surface area contributed by atoms with Gasteiger partial charge in [-0.15, -0.1) is 0 Å². The number of carboxylic acids is 1. The molecule has 0 aromatic heterocycles. The number of amides is 2. The minimum absolute atomic E-state index is 0.371. The van der Waals surface area contributed by atoms with Gasteiger partial charge in [0.1, 0.15) is 11.3 Å². The highest BCUT2D eigenvalue weighted by molar-refractivity contribution is 6.24. The number of para-hydroxylation sites is 2. The van der Waals surface area contributed by atoms with Crippen LogP contribution in [-0.2, 0) is 27.2 Å². The van der Waals surface area contributed by atoms with E-state index in [4.69, 9.17) is 4.74 Å². The molecule has 0 saturated carbocycles. The first-order valence-corrected chi connectivity index (χ1v) is 10.9. The number of imide groups is 1. The van der Waals surface area contributed by atoms with Gasteiger partial charge in [0, 0.05) is 11.6 Å². The maximum absolute atomic E-state index is 13.9. The highest BCUT2D eigenvalue weighted by Gasteiger charge is 2.67. The van der Waals surface area contributed by atoms with Crippen molar-refractivity contribution in [1.82, 2.24) is 5.32 Å². The molecule has 2 aliphatic heterocycles. The van der Waals surface area contributed by atoms with Crippen molar-refractivity contribution >= 4 is 23.5 Å². The molecule has 0 aliphatic carbocycles. The maximum Gasteiger partial charge on any atom is 0.324 e. The molecule has 7 nitrogen and oxygen atoms in total. The van der Waals surface area contributed by atoms with Crippen LogP contribution in [0.4, 0.5) is 5.69 Å². The summed E-state index contributed by atoms with van der Waals surface area (Å²) in [7, 11) is 1.53. The topological polar surface area (TPSA) is 95.9 Å². The van der Waals surface area contributed by atoms with Gasteiger partial charge in [-0.2, -0.15) is 0 Å². The summed E-state index contributed by atoms with van der Waals surface area (Å²) in [6, 6.07) is 12.3. The second-order valence-electron chi connectivity index (χ2n) is 8.52. The van der Waals surface area contributed by atoms with Gasteiger partial charge >= 0.3 is 5.97 Å². The molecular formula is C25H28N2O5. The normalized spacial score (nSPS) is 27.0. The summed E-state index contributed by atoms with van der Waals surface area (Å²) in [6.45, 7) is 5.44. The van der Waals surface area contributed by atoms with Crippen LogP contribution in [0.3, 0.4) is 0 Å². The number of benzene rings is 2. The van der Waals surface area contributed by atoms with E-state index < -0.39 is 35.3 Å². The fourth-order valence-corrected chi connectivity index (χ4v) is 5.25. The van der Waals surface area contributed by atoms with Crippen molar-refractivity contribution in [3.63, 3.8) is 0 Å². The number of carbonyl (C=O) groups is 3. The summed E-state index contributed by atoms with van der Waals surface area (Å²) in [6.07, 6.45) is 1.31. The molecule has 168 valence electrons. The van der Waals surface area contributed by atoms with Crippen molar-refractivity contribution in [2.24, 2.45) is 11.8 Å². The minimum atomic E-state index is -1.59. The molecular weight excluding hydrogens is 408 g/mol. The number of carbonyl (C=O) groups excluding carboxylic acids is 2. The van der Waals surface area contributed by atoms with E-state index in [1.807, 2.05) is 44.2 Å². The van der Waals surface area contributed by atoms with Crippen molar-refractivity contribution in [2.45, 2.75) is 45.2 Å². The second-order valence-corrected chi connectivity index (χ2v) is 8.52. The van der Waals surface area contributed by atoms with Gasteiger partial charge in [-0.05, 0) is 37.0 Å². The number of fused-ring (bicyclic) bond motifs is 1. The zero-order valence-electron chi connectivity index (χ0n) is 18.7. The quantitative estimate of drug-likeness (QED) is 0.676. The predicted molar refractivity (Wildman–Crippen MR) is 120 cm³/mol. The number of nitrogens with one attached hydrogen (secondary N) is 1. The lowest BCUT2D eigenvalue weighted by molar-refractivity contribution is -0.147. The summed E-state index contributed by atoms with van der Waals surface area (Å²) >= 11 is 0. The number of rotatable bonds is 6. The van der Waals surface area contributed by atoms with E-state index in [-0.39, 0.29) is 5.91 Å². The number of anilines is 1. The number of aliphatic carboxylic acids is 1. The van der Waals surface area contributed by atoms with Crippen LogP contribution in [0.1, 0.15) is 43.5 Å². The first-order valence-electron chi connectivity index (χ1n) is 10.9. The Morgan fingerprint density at radius 2 is 1.69 bits per heavy atom. The van der Waals surface area contributed by atoms with Gasteiger partial charge in [-0.3, -0.25) is 19.7 Å². The third kappa shape index (κ3) is 3.03. The van der Waals surface area contributed by atoms with E-state index in [0.29, 0.717) is 29.8 Å². The lowest BCUT2D eigenvalue weighted by Gasteiger charge is -2.29. The SMILES string of the molecule is CCc1cccc(CC)c1N1C(=O)C2C(c3ccccc3OC)NC(C)(C(=O)O)C2C1=O. The monoisotopic (exact) mass is 436 g/mol. The summed E-state index contributed by atoms with van der Waals surface area (Å²) in [4.78, 5) is 41.2. The second kappa shape index (κ2) is 8.06. The number of methoxy groups -OCH3 is 1. The van der Waals surface area contributed by atoms with Crippen molar-refractivity contribution < 1.29 is 24.2 Å². The summed E-state index contributed by atoms with van der Waals surface area (Å²) in [5.74, 6) is -3.34. The Morgan fingerprint density at radius 1 is 1.06 bits per heavy atom. The van der Waals surface area contributed by atoms with Crippen LogP contribution in [0, 0.1) is 11.8 Å². The zero-order valence-corrected chi connectivity index (χ0v) is 18.7. The predicted octanol–water partition coefficient (Wildman–Crippen LogP) is 3.11. The zero-order chi connectivity index (χ0) is 23.2. The largest absolute Gasteiger partial charge is 0.496 e. The van der Waals surface area contributed by atoms with Crippen molar-refractivity contribution in [3.8, 4) is 5.75 Å². The Bertz CT molecular complexity index is 1080. The first kappa shape index (κ1) is 22.0. The van der Waals surface area contributed by atoms with Gasteiger partial charge < -0.3 is 9.84 Å². The van der Waals surface area contributed by atoms with Crippen LogP contribution >= 0.6 is 0 Å². The molecule has 2 heterocycles. The number of aryl methyl sites for hydroxylation is 2. The summed E-state index contributed by atoms with van der Waals surface area (Å²) < 4.78 is 5.48. The molecule has 0 bridgehead atoms. The molecule has 2 N–H and O–H groups in total. The lowest BCUT2D eigenvalue weighted by Crippen LogP contribution is -2.53. The van der Waals surface area contributed by atoms with E-state index in [1.165, 1.54) is 18.9 Å². The van der Waals surface area contributed by atoms with E-state index in [9.17, 15) is 19.5 Å². The summed E-state index contributed by atoms with van der Waals surface area (Å²) in [5, 5.41) is 13.2. The first-order chi connectivity index (χ1) is 15.3. The van der Waals surface area contributed by atoms with Crippen LogP contribution in [0.2, 0.25) is 0 Å². The number of nitrogens with zero attached hydrogens (tertiary/aromatic N) is 1. The highest BCUT2D eigenvalue weighted by atomic mass is 16.5. The van der Waals surface area contributed by atoms with Crippen LogP contribution in [0.25, 0.3) is 0 Å². The number of ether oxygens (including phenoxy) is 1. The molecule has 2 aromatic rings. The molecule has 2 saturated heterocycles. The van der Waals surface area contributed by atoms with E-state index in [1.54, 1.807) is 12.1 Å². The Balaban J connectivity index is 1.90. The molecule has 4 unspecified atom stereocenters. The molecule has 32 heavy (non-hydrogen) atoms. The molecule has 2 amide bonds. The molecule has 7 heteroatoms. The van der Waals surface area contributed by atoms with Gasteiger partial charge in [-0.25, -0.2) is 4.90 Å². The van der Waals surface area contributed by atoms with Crippen molar-refractivity contribution in [1.29, 1.82) is 0 Å². The standard InChI is InChI=1S/C25H28N2O5/c1-5-14-10-9-11-15(6-2)21(14)27-22(28)18-19(23(27)29)25(3,24(30)31)26-20(18)16-12-7-8-13-17(16)32-4/h7-13,18-20,26H,5-6H2,1-4H3,(H,30,31). The highest BCUT2D eigenvalue weighted by Crippen LogP contribution is 2.51.